The molecule has 1 heteroatoms. The van der Waals surface area contributed by atoms with Crippen LogP contribution in [0.1, 0.15) is 71.1 Å². The highest BCUT2D eigenvalue weighted by Crippen LogP contribution is 2.61. The molecule has 0 N–H and O–H groups in total. The highest BCUT2D eigenvalue weighted by Gasteiger charge is 2.56. The molecule has 106 valence electrons. The van der Waals surface area contributed by atoms with E-state index in [1.807, 2.05) is 0 Å². The van der Waals surface area contributed by atoms with Crippen molar-refractivity contribution in [3.8, 4) is 0 Å². The Morgan fingerprint density at radius 3 is 2.63 bits per heavy atom. The maximum absolute atomic E-state index is 12.3. The molecule has 1 nitrogen and oxygen atoms in total. The largest absolute Gasteiger partial charge is 0.299 e. The van der Waals surface area contributed by atoms with Gasteiger partial charge in [0.05, 0.1) is 0 Å². The Kier molecular flexibility index (Phi) is 2.83. The SMILES string of the molecule is C[C@]12CC[C@H]3[C@@H](CCC4CCCC[C@@H]43)[C@H]1CCC2=O. The van der Waals surface area contributed by atoms with Crippen LogP contribution in [0.25, 0.3) is 0 Å². The molecule has 4 rings (SSSR count). The van der Waals surface area contributed by atoms with E-state index in [2.05, 4.69) is 6.92 Å². The Bertz CT molecular complexity index is 387. The molecule has 19 heavy (non-hydrogen) atoms. The summed E-state index contributed by atoms with van der Waals surface area (Å²) in [5, 5.41) is 0. The molecule has 0 aliphatic heterocycles. The van der Waals surface area contributed by atoms with Crippen LogP contribution in [0, 0.1) is 35.0 Å². The number of carbonyl (C=O) groups excluding carboxylic acids is 1. The fourth-order valence-corrected chi connectivity index (χ4v) is 6.60. The van der Waals surface area contributed by atoms with Crippen LogP contribution in [0.4, 0.5) is 0 Å². The maximum Gasteiger partial charge on any atom is 0.139 e. The van der Waals surface area contributed by atoms with Crippen LogP contribution in [0.2, 0.25) is 0 Å². The van der Waals surface area contributed by atoms with E-state index < -0.39 is 0 Å². The predicted molar refractivity (Wildman–Crippen MR) is 76.7 cm³/mol. The molecule has 0 aromatic rings. The van der Waals surface area contributed by atoms with Gasteiger partial charge in [-0.05, 0) is 68.1 Å². The van der Waals surface area contributed by atoms with Crippen LogP contribution in [0.5, 0.6) is 0 Å². The molecule has 4 aliphatic rings. The van der Waals surface area contributed by atoms with Crippen LogP contribution in [0.3, 0.4) is 0 Å². The average molecular weight is 260 g/mol. The van der Waals surface area contributed by atoms with E-state index in [9.17, 15) is 4.79 Å². The second-order valence-electron chi connectivity index (χ2n) is 8.14. The predicted octanol–water partition coefficient (Wildman–Crippen LogP) is 4.60. The minimum atomic E-state index is 0.0860. The zero-order valence-corrected chi connectivity index (χ0v) is 12.4. The van der Waals surface area contributed by atoms with Crippen molar-refractivity contribution in [2.45, 2.75) is 71.1 Å². The normalized spacial score (nSPS) is 53.3. The van der Waals surface area contributed by atoms with Crippen molar-refractivity contribution < 1.29 is 4.79 Å². The fraction of sp³-hybridized carbons (Fsp3) is 0.944. The van der Waals surface area contributed by atoms with Gasteiger partial charge in [0.25, 0.3) is 0 Å². The first-order valence-electron chi connectivity index (χ1n) is 8.73. The van der Waals surface area contributed by atoms with Crippen molar-refractivity contribution in [3.63, 3.8) is 0 Å². The summed E-state index contributed by atoms with van der Waals surface area (Å²) in [5.74, 6) is 5.33. The third kappa shape index (κ3) is 1.69. The average Bonchev–Trinajstić information content (AvgIpc) is 2.75. The second-order valence-corrected chi connectivity index (χ2v) is 8.14. The van der Waals surface area contributed by atoms with Crippen molar-refractivity contribution in [2.75, 3.05) is 0 Å². The van der Waals surface area contributed by atoms with Crippen LogP contribution < -0.4 is 0 Å². The minimum absolute atomic E-state index is 0.0860. The molecule has 4 fully saturated rings. The molecule has 4 saturated carbocycles. The van der Waals surface area contributed by atoms with Crippen molar-refractivity contribution in [3.05, 3.63) is 0 Å². The van der Waals surface area contributed by atoms with Crippen LogP contribution in [0.15, 0.2) is 0 Å². The van der Waals surface area contributed by atoms with Gasteiger partial charge in [-0.2, -0.15) is 0 Å². The van der Waals surface area contributed by atoms with Gasteiger partial charge in [-0.1, -0.05) is 26.2 Å². The zero-order chi connectivity index (χ0) is 13.0. The standard InChI is InChI=1S/C18H28O/c1-18-11-10-14-13-5-3-2-4-12(13)6-7-15(14)16(18)8-9-17(18)19/h12-16H,2-11H2,1H3/t12?,13-,14+,15+,16+,18-/m0/s1. The summed E-state index contributed by atoms with van der Waals surface area (Å²) in [5.41, 5.74) is 0.0860. The van der Waals surface area contributed by atoms with Gasteiger partial charge in [-0.25, -0.2) is 0 Å². The summed E-state index contributed by atoms with van der Waals surface area (Å²) in [7, 11) is 0. The molecule has 0 aromatic carbocycles. The molecule has 0 aromatic heterocycles. The molecule has 0 heterocycles. The Morgan fingerprint density at radius 2 is 1.74 bits per heavy atom. The van der Waals surface area contributed by atoms with Crippen LogP contribution >= 0.6 is 0 Å². The Hall–Kier alpha value is -0.330. The number of carbonyl (C=O) groups is 1. The summed E-state index contributed by atoms with van der Waals surface area (Å²) in [4.78, 5) is 12.3. The number of fused-ring (bicyclic) bond motifs is 5. The number of ketones is 1. The highest BCUT2D eigenvalue weighted by atomic mass is 16.1. The molecular formula is C18H28O. The lowest BCUT2D eigenvalue weighted by Gasteiger charge is -2.54. The van der Waals surface area contributed by atoms with Gasteiger partial charge in [0.1, 0.15) is 5.78 Å². The first kappa shape index (κ1) is 12.4. The third-order valence-electron chi connectivity index (χ3n) is 7.59. The third-order valence-corrected chi connectivity index (χ3v) is 7.59. The van der Waals surface area contributed by atoms with E-state index in [1.54, 1.807) is 0 Å². The Morgan fingerprint density at radius 1 is 0.895 bits per heavy atom. The van der Waals surface area contributed by atoms with Gasteiger partial charge < -0.3 is 0 Å². The minimum Gasteiger partial charge on any atom is -0.299 e. The van der Waals surface area contributed by atoms with Crippen molar-refractivity contribution in [2.24, 2.45) is 35.0 Å². The quantitative estimate of drug-likeness (QED) is 0.622. The monoisotopic (exact) mass is 260 g/mol. The van der Waals surface area contributed by atoms with Crippen molar-refractivity contribution >= 4 is 5.78 Å². The first-order chi connectivity index (χ1) is 9.20. The highest BCUT2D eigenvalue weighted by molar-refractivity contribution is 5.87. The van der Waals surface area contributed by atoms with E-state index >= 15 is 0 Å². The summed E-state index contributed by atoms with van der Waals surface area (Å²) < 4.78 is 0. The van der Waals surface area contributed by atoms with Crippen molar-refractivity contribution in [1.82, 2.24) is 0 Å². The summed E-state index contributed by atoms with van der Waals surface area (Å²) in [6.45, 7) is 2.30. The van der Waals surface area contributed by atoms with E-state index in [1.165, 1.54) is 57.8 Å². The lowest BCUT2D eigenvalue weighted by molar-refractivity contribution is -0.132. The smallest absolute Gasteiger partial charge is 0.139 e. The first-order valence-corrected chi connectivity index (χ1v) is 8.73. The van der Waals surface area contributed by atoms with Crippen LogP contribution in [-0.2, 0) is 4.79 Å². The van der Waals surface area contributed by atoms with Gasteiger partial charge in [-0.3, -0.25) is 4.79 Å². The Balaban J connectivity index is 1.61. The van der Waals surface area contributed by atoms with E-state index in [-0.39, 0.29) is 5.41 Å². The second kappa shape index (κ2) is 4.33. The maximum atomic E-state index is 12.3. The summed E-state index contributed by atoms with van der Waals surface area (Å²) in [6, 6.07) is 0. The summed E-state index contributed by atoms with van der Waals surface area (Å²) in [6.07, 6.45) is 13.6. The lowest BCUT2D eigenvalue weighted by Crippen LogP contribution is -2.48. The van der Waals surface area contributed by atoms with Gasteiger partial charge in [-0.15, -0.1) is 0 Å². The molecule has 0 saturated heterocycles. The Labute approximate surface area is 117 Å². The van der Waals surface area contributed by atoms with E-state index in [4.69, 9.17) is 0 Å². The number of hydrogen-bond acceptors (Lipinski definition) is 1. The molecular weight excluding hydrogens is 232 g/mol. The topological polar surface area (TPSA) is 17.1 Å². The van der Waals surface area contributed by atoms with Gasteiger partial charge in [0.2, 0.25) is 0 Å². The lowest BCUT2D eigenvalue weighted by atomic mass is 9.51. The van der Waals surface area contributed by atoms with Gasteiger partial charge in [0, 0.05) is 11.8 Å². The molecule has 0 radical (unpaired) electrons. The summed E-state index contributed by atoms with van der Waals surface area (Å²) >= 11 is 0. The molecule has 0 bridgehead atoms. The number of rotatable bonds is 0. The molecule has 0 spiro atoms. The zero-order valence-electron chi connectivity index (χ0n) is 12.4. The fourth-order valence-electron chi connectivity index (χ4n) is 6.60. The van der Waals surface area contributed by atoms with E-state index in [0.29, 0.717) is 5.78 Å². The van der Waals surface area contributed by atoms with Crippen LogP contribution in [-0.4, -0.2) is 5.78 Å². The molecule has 4 aliphatic carbocycles. The van der Waals surface area contributed by atoms with Gasteiger partial charge >= 0.3 is 0 Å². The number of hydrogen-bond donors (Lipinski definition) is 0. The molecule has 6 atom stereocenters. The molecule has 0 amide bonds. The number of Topliss-reactive ketones (excluding diaryl/α,β-unsaturated/α-hetero) is 1. The van der Waals surface area contributed by atoms with E-state index in [0.717, 1.165) is 36.0 Å². The van der Waals surface area contributed by atoms with Gasteiger partial charge in [0.15, 0.2) is 0 Å². The molecule has 1 unspecified atom stereocenters. The van der Waals surface area contributed by atoms with Crippen molar-refractivity contribution in [1.29, 1.82) is 0 Å².